The Morgan fingerprint density at radius 1 is 1.12 bits per heavy atom. The van der Waals surface area contributed by atoms with Crippen LogP contribution in [0.15, 0.2) is 34.5 Å². The van der Waals surface area contributed by atoms with Crippen molar-refractivity contribution >= 4 is 29.0 Å². The van der Waals surface area contributed by atoms with Gasteiger partial charge in [-0.3, -0.25) is 15.5 Å². The number of non-ortho nitro benzene ring substituents is 1. The first-order valence-corrected chi connectivity index (χ1v) is 13.3. The Balaban J connectivity index is 1.53. The summed E-state index contributed by atoms with van der Waals surface area (Å²) in [4.78, 5) is 10.6. The smallest absolute Gasteiger partial charge is 0.269 e. The summed E-state index contributed by atoms with van der Waals surface area (Å²) in [6.07, 6.45) is 13.4. The summed E-state index contributed by atoms with van der Waals surface area (Å²) in [6, 6.07) is 6.26. The number of nitro benzene ring substituents is 1. The number of fused-ring (bicyclic) bond motifs is 1. The normalized spacial score (nSPS) is 18.2. The first kappa shape index (κ1) is 25.3. The Labute approximate surface area is 201 Å². The summed E-state index contributed by atoms with van der Waals surface area (Å²) < 4.78 is 6.29. The van der Waals surface area contributed by atoms with Gasteiger partial charge < -0.3 is 4.74 Å². The molecular formula is C24H37N5O3S. The van der Waals surface area contributed by atoms with Gasteiger partial charge in [-0.1, -0.05) is 64.7 Å². The fourth-order valence-electron chi connectivity index (χ4n) is 4.06. The molecule has 1 aromatic carbocycles. The van der Waals surface area contributed by atoms with Crippen LogP contribution in [0.3, 0.4) is 0 Å². The summed E-state index contributed by atoms with van der Waals surface area (Å²) in [6.45, 7) is 4.27. The predicted octanol–water partition coefficient (Wildman–Crippen LogP) is 6.28. The van der Waals surface area contributed by atoms with Crippen LogP contribution in [0.25, 0.3) is 0 Å². The van der Waals surface area contributed by atoms with E-state index in [-0.39, 0.29) is 17.3 Å². The van der Waals surface area contributed by atoms with E-state index in [1.807, 2.05) is 11.9 Å². The van der Waals surface area contributed by atoms with Crippen molar-refractivity contribution in [3.05, 3.63) is 34.4 Å². The van der Waals surface area contributed by atoms with Crippen LogP contribution in [0.1, 0.15) is 84.5 Å². The van der Waals surface area contributed by atoms with Gasteiger partial charge >= 0.3 is 0 Å². The summed E-state index contributed by atoms with van der Waals surface area (Å²) in [7, 11) is 0. The van der Waals surface area contributed by atoms with E-state index in [9.17, 15) is 10.1 Å². The molecule has 0 spiro atoms. The monoisotopic (exact) mass is 475 g/mol. The quantitative estimate of drug-likeness (QED) is 0.182. The molecule has 0 saturated heterocycles. The molecular weight excluding hydrogens is 438 g/mol. The van der Waals surface area contributed by atoms with E-state index in [0.717, 1.165) is 36.6 Å². The summed E-state index contributed by atoms with van der Waals surface area (Å²) >= 11 is 1.76. The fourth-order valence-corrected chi connectivity index (χ4v) is 4.94. The zero-order valence-electron chi connectivity index (χ0n) is 19.9. The van der Waals surface area contributed by atoms with E-state index >= 15 is 0 Å². The fraction of sp³-hybridized carbons (Fsp3) is 0.667. The van der Waals surface area contributed by atoms with Crippen molar-refractivity contribution in [1.82, 2.24) is 10.4 Å². The van der Waals surface area contributed by atoms with Gasteiger partial charge in [-0.05, 0) is 31.9 Å². The Morgan fingerprint density at radius 3 is 2.39 bits per heavy atom. The van der Waals surface area contributed by atoms with Crippen LogP contribution >= 0.6 is 11.8 Å². The SMILES string of the molecule is CCCCCCCCCCCCC(Oc1ccc([N+](=O)[O-])cc1)C1=NNC2SCC(C)=NN12. The highest BCUT2D eigenvalue weighted by Crippen LogP contribution is 2.28. The number of nitrogens with one attached hydrogen (secondary N) is 1. The minimum atomic E-state index is -0.400. The van der Waals surface area contributed by atoms with Crippen LogP contribution in [0.2, 0.25) is 0 Å². The Bertz CT molecular complexity index is 815. The van der Waals surface area contributed by atoms with E-state index in [1.54, 1.807) is 23.9 Å². The van der Waals surface area contributed by atoms with Crippen LogP contribution in [-0.2, 0) is 0 Å². The standard InChI is InChI=1S/C24H37N5O3S/c1-3-4-5-6-7-8-9-10-11-12-13-22(32-21-16-14-20(15-17-21)29(30)31)23-25-26-24-28(23)27-19(2)18-33-24/h14-17,22,24,26H,3-13,18H2,1-2H3. The van der Waals surface area contributed by atoms with Crippen molar-refractivity contribution < 1.29 is 9.66 Å². The predicted molar refractivity (Wildman–Crippen MR) is 136 cm³/mol. The molecule has 2 aliphatic rings. The lowest BCUT2D eigenvalue weighted by Crippen LogP contribution is -2.43. The number of benzene rings is 1. The Morgan fingerprint density at radius 2 is 1.76 bits per heavy atom. The number of hydrogen-bond donors (Lipinski definition) is 1. The molecule has 2 unspecified atom stereocenters. The van der Waals surface area contributed by atoms with Crippen LogP contribution in [0.4, 0.5) is 5.69 Å². The van der Waals surface area contributed by atoms with Gasteiger partial charge in [0.15, 0.2) is 17.4 Å². The third-order valence-corrected chi connectivity index (χ3v) is 7.11. The second kappa shape index (κ2) is 13.4. The van der Waals surface area contributed by atoms with Crippen LogP contribution in [-0.4, -0.2) is 38.8 Å². The van der Waals surface area contributed by atoms with E-state index in [4.69, 9.17) is 9.84 Å². The summed E-state index contributed by atoms with van der Waals surface area (Å²) in [5.41, 5.74) is 4.27. The molecule has 0 radical (unpaired) electrons. The molecule has 0 fully saturated rings. The number of unbranched alkanes of at least 4 members (excludes halogenated alkanes) is 9. The largest absolute Gasteiger partial charge is 0.482 e. The Hall–Kier alpha value is -2.29. The molecule has 1 aromatic rings. The van der Waals surface area contributed by atoms with Gasteiger partial charge in [0.05, 0.1) is 4.92 Å². The number of nitrogens with zero attached hydrogens (tertiary/aromatic N) is 4. The average Bonchev–Trinajstić information content (AvgIpc) is 3.22. The maximum Gasteiger partial charge on any atom is 0.269 e. The molecule has 3 rings (SSSR count). The number of nitro groups is 1. The first-order valence-electron chi connectivity index (χ1n) is 12.3. The third-order valence-electron chi connectivity index (χ3n) is 5.91. The van der Waals surface area contributed by atoms with Crippen molar-refractivity contribution in [2.45, 2.75) is 96.1 Å². The number of hydrogen-bond acceptors (Lipinski definition) is 8. The summed E-state index contributed by atoms with van der Waals surface area (Å²) in [5.74, 6) is 2.26. The lowest BCUT2D eigenvalue weighted by Gasteiger charge is -2.29. The van der Waals surface area contributed by atoms with E-state index in [1.165, 1.54) is 63.5 Å². The van der Waals surface area contributed by atoms with Crippen molar-refractivity contribution in [3.8, 4) is 5.75 Å². The van der Waals surface area contributed by atoms with Gasteiger partial charge in [0.25, 0.3) is 5.69 Å². The average molecular weight is 476 g/mol. The van der Waals surface area contributed by atoms with Crippen molar-refractivity contribution in [2.75, 3.05) is 5.75 Å². The van der Waals surface area contributed by atoms with Gasteiger partial charge in [0, 0.05) is 23.6 Å². The highest BCUT2D eigenvalue weighted by molar-refractivity contribution is 8.00. The van der Waals surface area contributed by atoms with Crippen molar-refractivity contribution in [3.63, 3.8) is 0 Å². The maximum absolute atomic E-state index is 11.0. The molecule has 2 aliphatic heterocycles. The molecule has 0 saturated carbocycles. The van der Waals surface area contributed by atoms with Crippen molar-refractivity contribution in [2.24, 2.45) is 10.2 Å². The van der Waals surface area contributed by atoms with Crippen molar-refractivity contribution in [1.29, 1.82) is 0 Å². The molecule has 2 heterocycles. The second-order valence-electron chi connectivity index (χ2n) is 8.77. The first-order chi connectivity index (χ1) is 16.1. The molecule has 0 aromatic heterocycles. The van der Waals surface area contributed by atoms with Gasteiger partial charge in [0.1, 0.15) is 5.75 Å². The number of thioether (sulfide) groups is 1. The minimum absolute atomic E-state index is 0.000584. The number of amidine groups is 1. The van der Waals surface area contributed by atoms with E-state index in [0.29, 0.717) is 5.75 Å². The molecule has 182 valence electrons. The van der Waals surface area contributed by atoms with Gasteiger partial charge in [0.2, 0.25) is 0 Å². The molecule has 8 nitrogen and oxygen atoms in total. The summed E-state index contributed by atoms with van der Waals surface area (Å²) in [5, 5.41) is 22.1. The number of rotatable bonds is 15. The number of hydrazone groups is 2. The zero-order valence-corrected chi connectivity index (χ0v) is 20.7. The zero-order chi connectivity index (χ0) is 23.5. The second-order valence-corrected chi connectivity index (χ2v) is 9.84. The molecule has 0 aliphatic carbocycles. The minimum Gasteiger partial charge on any atom is -0.482 e. The molecule has 33 heavy (non-hydrogen) atoms. The van der Waals surface area contributed by atoms with Crippen LogP contribution in [0, 0.1) is 10.1 Å². The maximum atomic E-state index is 11.0. The Kier molecular flexibility index (Phi) is 10.3. The van der Waals surface area contributed by atoms with Gasteiger partial charge in [-0.25, -0.2) is 5.01 Å². The van der Waals surface area contributed by atoms with E-state index in [2.05, 4.69) is 17.5 Å². The molecule has 0 bridgehead atoms. The van der Waals surface area contributed by atoms with Crippen LogP contribution in [0.5, 0.6) is 5.75 Å². The highest BCUT2D eigenvalue weighted by Gasteiger charge is 2.36. The molecule has 9 heteroatoms. The molecule has 1 N–H and O–H groups in total. The highest BCUT2D eigenvalue weighted by atomic mass is 32.2. The molecule has 0 amide bonds. The van der Waals surface area contributed by atoms with Crippen LogP contribution < -0.4 is 10.2 Å². The van der Waals surface area contributed by atoms with E-state index < -0.39 is 4.92 Å². The van der Waals surface area contributed by atoms with Gasteiger partial charge in [-0.15, -0.1) is 11.8 Å². The molecule has 2 atom stereocenters. The lowest BCUT2D eigenvalue weighted by molar-refractivity contribution is -0.384. The lowest BCUT2D eigenvalue weighted by atomic mass is 10.0. The third kappa shape index (κ3) is 7.91. The number of ether oxygens (including phenoxy) is 1. The van der Waals surface area contributed by atoms with Gasteiger partial charge in [-0.2, -0.15) is 10.2 Å². The topological polar surface area (TPSA) is 92.4 Å².